The van der Waals surface area contributed by atoms with Crippen LogP contribution < -0.4 is 10.5 Å². The molecule has 0 saturated carbocycles. The Balaban J connectivity index is 3.07. The number of rotatable bonds is 3. The summed E-state index contributed by atoms with van der Waals surface area (Å²) in [5.74, 6) is -0.561. The van der Waals surface area contributed by atoms with Crippen LogP contribution in [0.25, 0.3) is 0 Å². The maximum Gasteiger partial charge on any atom is 0.434 e. The molecule has 2 nitrogen and oxygen atoms in total. The molecular formula is C10H8BrF6NO. The molecule has 0 atom stereocenters. The highest BCUT2D eigenvalue weighted by Gasteiger charge is 2.59. The van der Waals surface area contributed by atoms with Crippen molar-refractivity contribution in [3.63, 3.8) is 0 Å². The predicted octanol–water partition coefficient (Wildman–Crippen LogP) is 3.78. The molecule has 0 bridgehead atoms. The summed E-state index contributed by atoms with van der Waals surface area (Å²) in [7, 11) is 0. The molecule has 0 amide bonds. The average Bonchev–Trinajstić information content (AvgIpc) is 2.22. The van der Waals surface area contributed by atoms with Gasteiger partial charge >= 0.3 is 12.4 Å². The maximum atomic E-state index is 12.3. The van der Waals surface area contributed by atoms with Crippen molar-refractivity contribution in [2.24, 2.45) is 5.73 Å². The van der Waals surface area contributed by atoms with E-state index >= 15 is 0 Å². The van der Waals surface area contributed by atoms with Gasteiger partial charge in [-0.2, -0.15) is 26.3 Å². The lowest BCUT2D eigenvalue weighted by Gasteiger charge is -2.24. The first-order valence-electron chi connectivity index (χ1n) is 4.83. The molecule has 0 aliphatic rings. The molecule has 0 heterocycles. The van der Waals surface area contributed by atoms with Gasteiger partial charge in [-0.1, -0.05) is 15.9 Å². The van der Waals surface area contributed by atoms with Crippen LogP contribution in [0.5, 0.6) is 5.75 Å². The van der Waals surface area contributed by atoms with Gasteiger partial charge in [0.05, 0.1) is 0 Å². The van der Waals surface area contributed by atoms with Crippen LogP contribution in [0.15, 0.2) is 22.7 Å². The number of ether oxygens (including phenoxy) is 1. The Bertz CT molecular complexity index is 431. The molecule has 0 aromatic heterocycles. The van der Waals surface area contributed by atoms with Crippen molar-refractivity contribution in [2.45, 2.75) is 25.0 Å². The van der Waals surface area contributed by atoms with Crippen molar-refractivity contribution in [3.8, 4) is 5.75 Å². The Labute approximate surface area is 112 Å². The Morgan fingerprint density at radius 1 is 1.05 bits per heavy atom. The largest absolute Gasteiger partial charge is 0.471 e. The Morgan fingerprint density at radius 2 is 1.58 bits per heavy atom. The molecular weight excluding hydrogens is 344 g/mol. The minimum Gasteiger partial charge on any atom is -0.471 e. The van der Waals surface area contributed by atoms with E-state index in [1.54, 1.807) is 0 Å². The molecule has 9 heteroatoms. The molecule has 0 aliphatic carbocycles. The van der Waals surface area contributed by atoms with Gasteiger partial charge in [-0.3, -0.25) is 0 Å². The summed E-state index contributed by atoms with van der Waals surface area (Å²) < 4.78 is 78.1. The summed E-state index contributed by atoms with van der Waals surface area (Å²) >= 11 is 2.95. The number of hydrogen-bond acceptors (Lipinski definition) is 2. The SMILES string of the molecule is NCc1cc(Br)cc(OC(C(F)(F)F)C(F)(F)F)c1. The Morgan fingerprint density at radius 3 is 2.00 bits per heavy atom. The van der Waals surface area contributed by atoms with Gasteiger partial charge in [0.1, 0.15) is 5.75 Å². The highest BCUT2D eigenvalue weighted by molar-refractivity contribution is 9.10. The van der Waals surface area contributed by atoms with E-state index in [-0.39, 0.29) is 11.0 Å². The van der Waals surface area contributed by atoms with Crippen LogP contribution in [-0.4, -0.2) is 18.5 Å². The third-order valence-corrected chi connectivity index (χ3v) is 2.47. The molecule has 19 heavy (non-hydrogen) atoms. The normalized spacial score (nSPS) is 12.9. The Kier molecular flexibility index (Phi) is 4.72. The van der Waals surface area contributed by atoms with Crippen molar-refractivity contribution in [1.29, 1.82) is 0 Å². The summed E-state index contributed by atoms with van der Waals surface area (Å²) in [5.41, 5.74) is 5.61. The molecule has 0 fully saturated rings. The molecule has 0 radical (unpaired) electrons. The van der Waals surface area contributed by atoms with Crippen LogP contribution in [0, 0.1) is 0 Å². The standard InChI is InChI=1S/C10H8BrF6NO/c11-6-1-5(4-18)2-7(3-6)19-8(9(12,13)14)10(15,16)17/h1-3,8H,4,18H2. The van der Waals surface area contributed by atoms with Gasteiger partial charge < -0.3 is 10.5 Å². The molecule has 0 saturated heterocycles. The fraction of sp³-hybridized carbons (Fsp3) is 0.400. The van der Waals surface area contributed by atoms with Crippen LogP contribution in [-0.2, 0) is 6.54 Å². The lowest BCUT2D eigenvalue weighted by Crippen LogP contribution is -2.46. The number of hydrogen-bond donors (Lipinski definition) is 1. The second-order valence-corrected chi connectivity index (χ2v) is 4.50. The summed E-state index contributed by atoms with van der Waals surface area (Å²) in [6.07, 6.45) is -15.0. The van der Waals surface area contributed by atoms with E-state index in [0.717, 1.165) is 12.1 Å². The molecule has 0 aliphatic heterocycles. The summed E-state index contributed by atoms with van der Waals surface area (Å²) in [6.45, 7) is -0.0432. The topological polar surface area (TPSA) is 35.2 Å². The Hall–Kier alpha value is -0.960. The number of nitrogens with two attached hydrogens (primary N) is 1. The zero-order valence-electron chi connectivity index (χ0n) is 9.15. The number of benzene rings is 1. The van der Waals surface area contributed by atoms with Crippen LogP contribution in [0.1, 0.15) is 5.56 Å². The van der Waals surface area contributed by atoms with E-state index in [2.05, 4.69) is 20.7 Å². The highest BCUT2D eigenvalue weighted by atomic mass is 79.9. The van der Waals surface area contributed by atoms with Crippen molar-refractivity contribution >= 4 is 15.9 Å². The predicted molar refractivity (Wildman–Crippen MR) is 58.6 cm³/mol. The summed E-state index contributed by atoms with van der Waals surface area (Å²) in [6, 6.07) is 3.49. The van der Waals surface area contributed by atoms with Gasteiger partial charge in [0, 0.05) is 11.0 Å². The lowest BCUT2D eigenvalue weighted by atomic mass is 10.2. The van der Waals surface area contributed by atoms with Crippen molar-refractivity contribution in [3.05, 3.63) is 28.2 Å². The third kappa shape index (κ3) is 4.57. The fourth-order valence-electron chi connectivity index (χ4n) is 1.26. The van der Waals surface area contributed by atoms with E-state index < -0.39 is 24.2 Å². The van der Waals surface area contributed by atoms with Gasteiger partial charge in [0.25, 0.3) is 6.10 Å². The second kappa shape index (κ2) is 5.58. The smallest absolute Gasteiger partial charge is 0.434 e. The maximum absolute atomic E-state index is 12.3. The molecule has 0 unspecified atom stereocenters. The van der Waals surface area contributed by atoms with Gasteiger partial charge in [-0.15, -0.1) is 0 Å². The van der Waals surface area contributed by atoms with Gasteiger partial charge in [-0.25, -0.2) is 0 Å². The van der Waals surface area contributed by atoms with E-state index in [9.17, 15) is 26.3 Å². The highest BCUT2D eigenvalue weighted by Crippen LogP contribution is 2.37. The monoisotopic (exact) mass is 351 g/mol. The quantitative estimate of drug-likeness (QED) is 0.841. The van der Waals surface area contributed by atoms with Crippen LogP contribution in [0.2, 0.25) is 0 Å². The number of alkyl halides is 6. The first-order chi connectivity index (χ1) is 8.54. The van der Waals surface area contributed by atoms with E-state index in [4.69, 9.17) is 5.73 Å². The zero-order valence-corrected chi connectivity index (χ0v) is 10.7. The lowest BCUT2D eigenvalue weighted by molar-refractivity contribution is -0.299. The second-order valence-electron chi connectivity index (χ2n) is 3.58. The minimum absolute atomic E-state index is 0.0432. The summed E-state index contributed by atoms with van der Waals surface area (Å²) in [5, 5.41) is 0. The van der Waals surface area contributed by atoms with Crippen molar-refractivity contribution in [1.82, 2.24) is 0 Å². The molecule has 2 N–H and O–H groups in total. The van der Waals surface area contributed by atoms with E-state index in [1.165, 1.54) is 6.07 Å². The molecule has 0 spiro atoms. The van der Waals surface area contributed by atoms with Crippen LogP contribution in [0.4, 0.5) is 26.3 Å². The van der Waals surface area contributed by atoms with Crippen molar-refractivity contribution < 1.29 is 31.1 Å². The van der Waals surface area contributed by atoms with E-state index in [1.807, 2.05) is 0 Å². The molecule has 1 rings (SSSR count). The fourth-order valence-corrected chi connectivity index (χ4v) is 1.78. The van der Waals surface area contributed by atoms with Crippen LogP contribution in [0.3, 0.4) is 0 Å². The van der Waals surface area contributed by atoms with E-state index in [0.29, 0.717) is 5.56 Å². The first kappa shape index (κ1) is 16.1. The zero-order chi connectivity index (χ0) is 14.8. The number of halogens is 7. The third-order valence-electron chi connectivity index (χ3n) is 2.02. The minimum atomic E-state index is -5.55. The molecule has 1 aromatic rings. The first-order valence-corrected chi connectivity index (χ1v) is 5.63. The van der Waals surface area contributed by atoms with Gasteiger partial charge in [0.2, 0.25) is 0 Å². The molecule has 108 valence electrons. The van der Waals surface area contributed by atoms with Crippen molar-refractivity contribution in [2.75, 3.05) is 0 Å². The van der Waals surface area contributed by atoms with Gasteiger partial charge in [0.15, 0.2) is 0 Å². The van der Waals surface area contributed by atoms with Gasteiger partial charge in [-0.05, 0) is 23.8 Å². The van der Waals surface area contributed by atoms with Crippen LogP contribution >= 0.6 is 15.9 Å². The summed E-state index contributed by atoms with van der Waals surface area (Å²) in [4.78, 5) is 0. The average molecular weight is 352 g/mol. The molecule has 1 aromatic carbocycles.